The zero-order valence-corrected chi connectivity index (χ0v) is 16.3. The third kappa shape index (κ3) is 2.97. The van der Waals surface area contributed by atoms with Crippen molar-refractivity contribution in [2.75, 3.05) is 25.1 Å². The summed E-state index contributed by atoms with van der Waals surface area (Å²) in [6.45, 7) is 0.227. The molecule has 0 spiro atoms. The van der Waals surface area contributed by atoms with Crippen LogP contribution in [0.3, 0.4) is 0 Å². The molecule has 2 aromatic carbocycles. The summed E-state index contributed by atoms with van der Waals surface area (Å²) in [6, 6.07) is 11.5. The molecular formula is C20H21NO6S. The number of sulfonamides is 1. The zero-order valence-electron chi connectivity index (χ0n) is 15.5. The standard InChI is InChI=1S/C20H21NO6S/c1-26-12-3-6-14(7-4-12)28(24,25)21-11-18(15-10-17(15)20(22)23)16-9-13(27-2)5-8-19(16)21/h3-9,15,17-18H,10-11H2,1-2H3,(H,22,23). The van der Waals surface area contributed by atoms with Crippen molar-refractivity contribution in [3.63, 3.8) is 0 Å². The van der Waals surface area contributed by atoms with Crippen LogP contribution >= 0.6 is 0 Å². The van der Waals surface area contributed by atoms with E-state index in [1.165, 1.54) is 23.5 Å². The summed E-state index contributed by atoms with van der Waals surface area (Å²) >= 11 is 0. The molecule has 1 aliphatic heterocycles. The molecule has 28 heavy (non-hydrogen) atoms. The Balaban J connectivity index is 1.73. The minimum absolute atomic E-state index is 0.0700. The summed E-state index contributed by atoms with van der Waals surface area (Å²) in [6.07, 6.45) is 0.563. The average Bonchev–Trinajstić information content (AvgIpc) is 3.41. The minimum atomic E-state index is -3.78. The summed E-state index contributed by atoms with van der Waals surface area (Å²) < 4.78 is 38.4. The lowest BCUT2D eigenvalue weighted by Crippen LogP contribution is -2.30. The lowest BCUT2D eigenvalue weighted by molar-refractivity contribution is -0.138. The molecule has 0 aromatic heterocycles. The van der Waals surface area contributed by atoms with Gasteiger partial charge in [0, 0.05) is 12.5 Å². The first-order valence-corrected chi connectivity index (χ1v) is 10.4. The van der Waals surface area contributed by atoms with Crippen LogP contribution in [-0.4, -0.2) is 40.3 Å². The van der Waals surface area contributed by atoms with Gasteiger partial charge in [-0.1, -0.05) is 0 Å². The second-order valence-corrected chi connectivity index (χ2v) is 8.95. The fourth-order valence-electron chi connectivity index (χ4n) is 3.97. The van der Waals surface area contributed by atoms with E-state index in [2.05, 4.69) is 0 Å². The van der Waals surface area contributed by atoms with E-state index in [9.17, 15) is 18.3 Å². The first-order chi connectivity index (χ1) is 13.4. The summed E-state index contributed by atoms with van der Waals surface area (Å²) in [5.41, 5.74) is 1.41. The first-order valence-electron chi connectivity index (χ1n) is 8.94. The molecule has 1 N–H and O–H groups in total. The van der Waals surface area contributed by atoms with Crippen molar-refractivity contribution in [3.05, 3.63) is 48.0 Å². The van der Waals surface area contributed by atoms with Crippen LogP contribution < -0.4 is 13.8 Å². The van der Waals surface area contributed by atoms with Crippen molar-refractivity contribution in [2.24, 2.45) is 11.8 Å². The molecule has 2 aliphatic rings. The number of fused-ring (bicyclic) bond motifs is 1. The molecule has 0 saturated heterocycles. The number of hydrogen-bond acceptors (Lipinski definition) is 5. The lowest BCUT2D eigenvalue weighted by atomic mass is 9.95. The second-order valence-electron chi connectivity index (χ2n) is 7.09. The van der Waals surface area contributed by atoms with Crippen LogP contribution in [-0.2, 0) is 14.8 Å². The number of hydrogen-bond donors (Lipinski definition) is 1. The van der Waals surface area contributed by atoms with Crippen LogP contribution in [0.2, 0.25) is 0 Å². The molecule has 2 aromatic rings. The molecule has 1 heterocycles. The van der Waals surface area contributed by atoms with Gasteiger partial charge in [-0.2, -0.15) is 0 Å². The normalized spacial score (nSPS) is 23.2. The Morgan fingerprint density at radius 1 is 1.07 bits per heavy atom. The largest absolute Gasteiger partial charge is 0.497 e. The quantitative estimate of drug-likeness (QED) is 0.797. The lowest BCUT2D eigenvalue weighted by Gasteiger charge is -2.20. The van der Waals surface area contributed by atoms with Gasteiger partial charge in [0.2, 0.25) is 0 Å². The zero-order chi connectivity index (χ0) is 20.1. The van der Waals surface area contributed by atoms with Crippen LogP contribution in [0.25, 0.3) is 0 Å². The number of carboxylic acids is 1. The monoisotopic (exact) mass is 403 g/mol. The van der Waals surface area contributed by atoms with Gasteiger partial charge in [0.05, 0.1) is 30.7 Å². The smallest absolute Gasteiger partial charge is 0.306 e. The number of carbonyl (C=O) groups is 1. The molecule has 8 heteroatoms. The van der Waals surface area contributed by atoms with Gasteiger partial charge in [0.15, 0.2) is 0 Å². The molecule has 1 fully saturated rings. The van der Waals surface area contributed by atoms with Crippen LogP contribution in [0, 0.1) is 11.8 Å². The number of benzene rings is 2. The minimum Gasteiger partial charge on any atom is -0.497 e. The number of carboxylic acid groups (broad SMARTS) is 1. The Kier molecular flexibility index (Phi) is 4.45. The number of ether oxygens (including phenoxy) is 2. The van der Waals surface area contributed by atoms with Gasteiger partial charge in [-0.05, 0) is 60.4 Å². The predicted molar refractivity (Wildman–Crippen MR) is 102 cm³/mol. The van der Waals surface area contributed by atoms with Gasteiger partial charge in [-0.25, -0.2) is 8.42 Å². The first kappa shape index (κ1) is 18.6. The van der Waals surface area contributed by atoms with E-state index in [0.29, 0.717) is 23.6 Å². The molecule has 1 saturated carbocycles. The van der Waals surface area contributed by atoms with E-state index in [0.717, 1.165) is 5.56 Å². The third-order valence-corrected chi connectivity index (χ3v) is 7.38. The molecule has 0 bridgehead atoms. The van der Waals surface area contributed by atoms with Crippen LogP contribution in [0.1, 0.15) is 17.9 Å². The highest BCUT2D eigenvalue weighted by Crippen LogP contribution is 2.55. The summed E-state index contributed by atoms with van der Waals surface area (Å²) in [5, 5.41) is 9.32. The maximum atomic E-state index is 13.3. The topological polar surface area (TPSA) is 93.1 Å². The maximum Gasteiger partial charge on any atom is 0.306 e. The predicted octanol–water partition coefficient (Wildman–Crippen LogP) is 2.72. The number of aliphatic carboxylic acids is 1. The van der Waals surface area contributed by atoms with E-state index in [1.807, 2.05) is 6.07 Å². The van der Waals surface area contributed by atoms with E-state index >= 15 is 0 Å². The Morgan fingerprint density at radius 2 is 1.71 bits per heavy atom. The number of nitrogens with zero attached hydrogens (tertiary/aromatic N) is 1. The SMILES string of the molecule is COc1ccc(S(=O)(=O)N2CC(C3CC3C(=O)O)c3cc(OC)ccc32)cc1. The fraction of sp³-hybridized carbons (Fsp3) is 0.350. The number of methoxy groups -OCH3 is 2. The van der Waals surface area contributed by atoms with Gasteiger partial charge >= 0.3 is 5.97 Å². The molecule has 3 atom stereocenters. The molecule has 7 nitrogen and oxygen atoms in total. The number of anilines is 1. The van der Waals surface area contributed by atoms with E-state index in [4.69, 9.17) is 9.47 Å². The molecule has 4 rings (SSSR count). The van der Waals surface area contributed by atoms with Gasteiger partial charge in [-0.3, -0.25) is 9.10 Å². The van der Waals surface area contributed by atoms with Crippen molar-refractivity contribution in [2.45, 2.75) is 17.2 Å². The van der Waals surface area contributed by atoms with E-state index < -0.39 is 21.9 Å². The van der Waals surface area contributed by atoms with Crippen molar-refractivity contribution in [1.82, 2.24) is 0 Å². The van der Waals surface area contributed by atoms with Crippen LogP contribution in [0.15, 0.2) is 47.4 Å². The third-order valence-electron chi connectivity index (χ3n) is 5.59. The molecule has 3 unspecified atom stereocenters. The van der Waals surface area contributed by atoms with Crippen molar-refractivity contribution in [1.29, 1.82) is 0 Å². The van der Waals surface area contributed by atoms with Crippen LogP contribution in [0.5, 0.6) is 11.5 Å². The Morgan fingerprint density at radius 3 is 2.29 bits per heavy atom. The summed E-state index contributed by atoms with van der Waals surface area (Å²) in [5.74, 6) is -0.289. The molecule has 0 radical (unpaired) electrons. The average molecular weight is 403 g/mol. The van der Waals surface area contributed by atoms with Gasteiger partial charge < -0.3 is 14.6 Å². The van der Waals surface area contributed by atoms with Crippen molar-refractivity contribution >= 4 is 21.7 Å². The second kappa shape index (κ2) is 6.70. The van der Waals surface area contributed by atoms with Gasteiger partial charge in [0.1, 0.15) is 11.5 Å². The van der Waals surface area contributed by atoms with Crippen molar-refractivity contribution in [3.8, 4) is 11.5 Å². The fourth-order valence-corrected chi connectivity index (χ4v) is 5.49. The Labute approximate surface area is 163 Å². The summed E-state index contributed by atoms with van der Waals surface area (Å²) in [4.78, 5) is 11.5. The van der Waals surface area contributed by atoms with Gasteiger partial charge in [-0.15, -0.1) is 0 Å². The van der Waals surface area contributed by atoms with Gasteiger partial charge in [0.25, 0.3) is 10.0 Å². The Hall–Kier alpha value is -2.74. The van der Waals surface area contributed by atoms with E-state index in [1.54, 1.807) is 31.4 Å². The molecule has 0 amide bonds. The van der Waals surface area contributed by atoms with Crippen molar-refractivity contribution < 1.29 is 27.8 Å². The highest BCUT2D eigenvalue weighted by Gasteiger charge is 2.52. The molecule has 148 valence electrons. The highest BCUT2D eigenvalue weighted by atomic mass is 32.2. The number of rotatable bonds is 6. The van der Waals surface area contributed by atoms with E-state index in [-0.39, 0.29) is 23.3 Å². The maximum absolute atomic E-state index is 13.3. The Bertz CT molecular complexity index is 1020. The van der Waals surface area contributed by atoms with Crippen LogP contribution in [0.4, 0.5) is 5.69 Å². The summed E-state index contributed by atoms with van der Waals surface area (Å²) in [7, 11) is -0.713. The molecule has 1 aliphatic carbocycles. The molecular weight excluding hydrogens is 382 g/mol. The highest BCUT2D eigenvalue weighted by molar-refractivity contribution is 7.92.